The van der Waals surface area contributed by atoms with Crippen molar-refractivity contribution in [2.75, 3.05) is 19.0 Å². The zero-order valence-electron chi connectivity index (χ0n) is 8.79. The topological polar surface area (TPSA) is 58.4 Å². The molecule has 3 N–H and O–H groups in total. The molecule has 0 radical (unpaired) electrons. The average molecular weight is 205 g/mol. The van der Waals surface area contributed by atoms with Gasteiger partial charge in [-0.3, -0.25) is 9.69 Å². The number of rotatable bonds is 3. The van der Waals surface area contributed by atoms with Gasteiger partial charge in [0.15, 0.2) is 0 Å². The smallest absolute Gasteiger partial charge is 0.228 e. The largest absolute Gasteiger partial charge is 0.326 e. The summed E-state index contributed by atoms with van der Waals surface area (Å²) in [6, 6.07) is 6.05. The molecule has 4 heteroatoms. The van der Waals surface area contributed by atoms with Crippen molar-refractivity contribution in [3.05, 3.63) is 29.3 Å². The molecule has 0 bridgehead atoms. The van der Waals surface area contributed by atoms with Gasteiger partial charge in [0.1, 0.15) is 0 Å². The van der Waals surface area contributed by atoms with Crippen LogP contribution in [0, 0.1) is 0 Å². The SMILES string of the molecule is CN(CN)Cc1ccc2c(c1)CC(=O)N2. The first kappa shape index (κ1) is 10.1. The Bertz CT molecular complexity index is 389. The highest BCUT2D eigenvalue weighted by Crippen LogP contribution is 2.24. The van der Waals surface area contributed by atoms with E-state index in [1.54, 1.807) is 0 Å². The normalized spacial score (nSPS) is 14.2. The van der Waals surface area contributed by atoms with E-state index in [-0.39, 0.29) is 5.91 Å². The summed E-state index contributed by atoms with van der Waals surface area (Å²) in [5.74, 6) is 0.0781. The van der Waals surface area contributed by atoms with Gasteiger partial charge in [0.2, 0.25) is 5.91 Å². The van der Waals surface area contributed by atoms with E-state index in [4.69, 9.17) is 5.73 Å². The number of nitrogens with zero attached hydrogens (tertiary/aromatic N) is 1. The van der Waals surface area contributed by atoms with E-state index in [2.05, 4.69) is 11.4 Å². The molecule has 0 atom stereocenters. The molecule has 0 saturated carbocycles. The maximum Gasteiger partial charge on any atom is 0.228 e. The highest BCUT2D eigenvalue weighted by molar-refractivity contribution is 5.99. The predicted molar refractivity (Wildman–Crippen MR) is 59.3 cm³/mol. The van der Waals surface area contributed by atoms with Gasteiger partial charge in [-0.25, -0.2) is 0 Å². The Hall–Kier alpha value is -1.39. The lowest BCUT2D eigenvalue weighted by Crippen LogP contribution is -2.24. The average Bonchev–Trinajstić information content (AvgIpc) is 2.57. The maximum absolute atomic E-state index is 11.1. The number of anilines is 1. The molecular formula is C11H15N3O. The van der Waals surface area contributed by atoms with E-state index in [0.29, 0.717) is 13.1 Å². The number of amides is 1. The van der Waals surface area contributed by atoms with Gasteiger partial charge in [-0.05, 0) is 24.2 Å². The maximum atomic E-state index is 11.1. The van der Waals surface area contributed by atoms with Crippen molar-refractivity contribution in [1.29, 1.82) is 0 Å². The lowest BCUT2D eigenvalue weighted by Gasteiger charge is -2.14. The summed E-state index contributed by atoms with van der Waals surface area (Å²) >= 11 is 0. The Morgan fingerprint density at radius 3 is 3.07 bits per heavy atom. The molecule has 0 spiro atoms. The predicted octanol–water partition coefficient (Wildman–Crippen LogP) is 0.529. The molecule has 1 aromatic rings. The van der Waals surface area contributed by atoms with Crippen LogP contribution < -0.4 is 11.1 Å². The molecule has 4 nitrogen and oxygen atoms in total. The zero-order chi connectivity index (χ0) is 10.8. The van der Waals surface area contributed by atoms with Crippen molar-refractivity contribution in [2.24, 2.45) is 5.73 Å². The molecule has 0 unspecified atom stereocenters. The number of carbonyl (C=O) groups excluding carboxylic acids is 1. The molecule has 15 heavy (non-hydrogen) atoms. The molecule has 1 aliphatic heterocycles. The van der Waals surface area contributed by atoms with E-state index in [1.807, 2.05) is 24.1 Å². The van der Waals surface area contributed by atoms with Crippen molar-refractivity contribution >= 4 is 11.6 Å². The molecule has 1 aromatic carbocycles. The van der Waals surface area contributed by atoms with Crippen LogP contribution in [0.15, 0.2) is 18.2 Å². The third-order valence-corrected chi connectivity index (χ3v) is 2.56. The molecule has 0 aromatic heterocycles. The minimum atomic E-state index is 0.0781. The Kier molecular flexibility index (Phi) is 2.70. The number of hydrogen-bond acceptors (Lipinski definition) is 3. The van der Waals surface area contributed by atoms with Gasteiger partial charge in [-0.2, -0.15) is 0 Å². The van der Waals surface area contributed by atoms with Gasteiger partial charge in [0.25, 0.3) is 0 Å². The van der Waals surface area contributed by atoms with Crippen molar-refractivity contribution in [3.63, 3.8) is 0 Å². The second-order valence-electron chi connectivity index (χ2n) is 3.91. The molecule has 1 aliphatic rings. The van der Waals surface area contributed by atoms with Crippen LogP contribution in [0.4, 0.5) is 5.69 Å². The first-order valence-corrected chi connectivity index (χ1v) is 4.99. The van der Waals surface area contributed by atoms with Crippen molar-refractivity contribution in [1.82, 2.24) is 4.90 Å². The highest BCUT2D eigenvalue weighted by Gasteiger charge is 2.17. The summed E-state index contributed by atoms with van der Waals surface area (Å²) in [4.78, 5) is 13.2. The van der Waals surface area contributed by atoms with Crippen LogP contribution in [-0.2, 0) is 17.8 Å². The molecule has 0 fully saturated rings. The number of benzene rings is 1. The Balaban J connectivity index is 2.16. The lowest BCUT2D eigenvalue weighted by molar-refractivity contribution is -0.115. The minimum Gasteiger partial charge on any atom is -0.326 e. The fourth-order valence-electron chi connectivity index (χ4n) is 1.76. The van der Waals surface area contributed by atoms with Crippen LogP contribution in [0.2, 0.25) is 0 Å². The number of carbonyl (C=O) groups is 1. The van der Waals surface area contributed by atoms with Gasteiger partial charge in [0, 0.05) is 18.9 Å². The fourth-order valence-corrected chi connectivity index (χ4v) is 1.76. The minimum absolute atomic E-state index is 0.0781. The van der Waals surface area contributed by atoms with E-state index >= 15 is 0 Å². The van der Waals surface area contributed by atoms with Crippen LogP contribution >= 0.6 is 0 Å². The fraction of sp³-hybridized carbons (Fsp3) is 0.364. The first-order valence-electron chi connectivity index (χ1n) is 4.99. The number of fused-ring (bicyclic) bond motifs is 1. The Morgan fingerprint density at radius 2 is 2.33 bits per heavy atom. The second-order valence-corrected chi connectivity index (χ2v) is 3.91. The van der Waals surface area contributed by atoms with Crippen LogP contribution in [0.5, 0.6) is 0 Å². The summed E-state index contributed by atoms with van der Waals surface area (Å²) in [7, 11) is 1.97. The zero-order valence-corrected chi connectivity index (χ0v) is 8.79. The van der Waals surface area contributed by atoms with E-state index in [0.717, 1.165) is 17.8 Å². The van der Waals surface area contributed by atoms with Crippen molar-refractivity contribution < 1.29 is 4.79 Å². The van der Waals surface area contributed by atoms with E-state index < -0.39 is 0 Å². The molecule has 80 valence electrons. The third kappa shape index (κ3) is 2.16. The standard InChI is InChI=1S/C11H15N3O/c1-14(7-12)6-8-2-3-10-9(4-8)5-11(15)13-10/h2-4H,5-7,12H2,1H3,(H,13,15). The molecule has 0 saturated heterocycles. The third-order valence-electron chi connectivity index (χ3n) is 2.56. The van der Waals surface area contributed by atoms with Crippen LogP contribution in [-0.4, -0.2) is 24.5 Å². The van der Waals surface area contributed by atoms with Crippen LogP contribution in [0.25, 0.3) is 0 Å². The van der Waals surface area contributed by atoms with E-state index in [9.17, 15) is 4.79 Å². The van der Waals surface area contributed by atoms with E-state index in [1.165, 1.54) is 5.56 Å². The quantitative estimate of drug-likeness (QED) is 0.708. The number of nitrogens with one attached hydrogen (secondary N) is 1. The van der Waals surface area contributed by atoms with Gasteiger partial charge in [0.05, 0.1) is 6.42 Å². The summed E-state index contributed by atoms with van der Waals surface area (Å²) in [6.07, 6.45) is 0.496. The first-order chi connectivity index (χ1) is 7.19. The van der Waals surface area contributed by atoms with Crippen LogP contribution in [0.3, 0.4) is 0 Å². The molecule has 2 rings (SSSR count). The van der Waals surface area contributed by atoms with Gasteiger partial charge < -0.3 is 11.1 Å². The number of hydrogen-bond donors (Lipinski definition) is 2. The van der Waals surface area contributed by atoms with Gasteiger partial charge >= 0.3 is 0 Å². The molecule has 1 amide bonds. The Morgan fingerprint density at radius 1 is 1.53 bits per heavy atom. The van der Waals surface area contributed by atoms with Crippen LogP contribution in [0.1, 0.15) is 11.1 Å². The van der Waals surface area contributed by atoms with Crippen molar-refractivity contribution in [2.45, 2.75) is 13.0 Å². The van der Waals surface area contributed by atoms with Crippen molar-refractivity contribution in [3.8, 4) is 0 Å². The number of nitrogens with two attached hydrogens (primary N) is 1. The second kappa shape index (κ2) is 4.00. The monoisotopic (exact) mass is 205 g/mol. The lowest BCUT2D eigenvalue weighted by atomic mass is 10.1. The Labute approximate surface area is 89.1 Å². The van der Waals surface area contributed by atoms with Gasteiger partial charge in [-0.15, -0.1) is 0 Å². The van der Waals surface area contributed by atoms with Gasteiger partial charge in [-0.1, -0.05) is 12.1 Å². The summed E-state index contributed by atoms with van der Waals surface area (Å²) in [6.45, 7) is 1.35. The molecular weight excluding hydrogens is 190 g/mol. The summed E-state index contributed by atoms with van der Waals surface area (Å²) in [5.41, 5.74) is 8.74. The molecule has 0 aliphatic carbocycles. The molecule has 1 heterocycles. The highest BCUT2D eigenvalue weighted by atomic mass is 16.1. The summed E-state index contributed by atoms with van der Waals surface area (Å²) in [5, 5.41) is 2.81. The summed E-state index contributed by atoms with van der Waals surface area (Å²) < 4.78 is 0.